The molecular weight excluding hydrogens is 248 g/mol. The van der Waals surface area contributed by atoms with Crippen LogP contribution in [0.4, 0.5) is 0 Å². The summed E-state index contributed by atoms with van der Waals surface area (Å²) < 4.78 is 0. The van der Waals surface area contributed by atoms with Gasteiger partial charge in [0.15, 0.2) is 0 Å². The number of hydrogen-bond donors (Lipinski definition) is 3. The van der Waals surface area contributed by atoms with Crippen LogP contribution in [0, 0.1) is 0 Å². The van der Waals surface area contributed by atoms with Gasteiger partial charge < -0.3 is 15.9 Å². The lowest BCUT2D eigenvalue weighted by molar-refractivity contribution is 0.103. The Morgan fingerprint density at radius 1 is 1.39 bits per heavy atom. The van der Waals surface area contributed by atoms with Gasteiger partial charge in [0.05, 0.1) is 12.7 Å². The van der Waals surface area contributed by atoms with Crippen LogP contribution in [0.1, 0.15) is 24.2 Å². The third-order valence-corrected chi connectivity index (χ3v) is 3.11. The smallest absolute Gasteiger partial charge is 0.103 e. The van der Waals surface area contributed by atoms with Crippen LogP contribution in [0.5, 0.6) is 0 Å². The van der Waals surface area contributed by atoms with Crippen molar-refractivity contribution < 1.29 is 10.2 Å². The third kappa shape index (κ3) is 4.34. The van der Waals surface area contributed by atoms with E-state index >= 15 is 0 Å². The number of aliphatic hydroxyl groups excluding tert-OH is 2. The van der Waals surface area contributed by atoms with Crippen molar-refractivity contribution in [1.82, 2.24) is 4.90 Å². The first-order chi connectivity index (χ1) is 8.58. The largest absolute Gasteiger partial charge is 0.395 e. The number of benzene rings is 1. The maximum atomic E-state index is 10.1. The summed E-state index contributed by atoms with van der Waals surface area (Å²) in [6.45, 7) is 3.96. The van der Waals surface area contributed by atoms with Crippen molar-refractivity contribution in [1.29, 1.82) is 0 Å². The predicted octanol–water partition coefficient (Wildman–Crippen LogP) is 0.668. The molecule has 5 heteroatoms. The van der Waals surface area contributed by atoms with Crippen molar-refractivity contribution in [2.45, 2.75) is 13.0 Å². The second-order valence-electron chi connectivity index (χ2n) is 4.12. The molecule has 0 aromatic heterocycles. The molecule has 4 nitrogen and oxygen atoms in total. The zero-order chi connectivity index (χ0) is 13.5. The minimum atomic E-state index is -0.572. The van der Waals surface area contributed by atoms with Gasteiger partial charge in [-0.25, -0.2) is 0 Å². The highest BCUT2D eigenvalue weighted by molar-refractivity contribution is 7.80. The van der Waals surface area contributed by atoms with Crippen molar-refractivity contribution in [3.8, 4) is 0 Å². The topological polar surface area (TPSA) is 69.7 Å². The monoisotopic (exact) mass is 268 g/mol. The molecule has 0 saturated heterocycles. The second-order valence-corrected chi connectivity index (χ2v) is 4.56. The molecule has 0 spiro atoms. The van der Waals surface area contributed by atoms with E-state index in [0.29, 0.717) is 18.1 Å². The number of likely N-dealkylation sites (N-methyl/N-ethyl adjacent to an activating group) is 1. The molecule has 100 valence electrons. The molecule has 1 aromatic carbocycles. The van der Waals surface area contributed by atoms with Gasteiger partial charge in [-0.1, -0.05) is 43.4 Å². The summed E-state index contributed by atoms with van der Waals surface area (Å²) in [7, 11) is 0. The van der Waals surface area contributed by atoms with Crippen molar-refractivity contribution in [3.05, 3.63) is 35.4 Å². The standard InChI is InChI=1S/C13H20N2O2S/c1-2-15(7-8-16)9-12(17)10-3-5-11(6-4-10)13(14)18/h3-6,12,16-17H,2,7-9H2,1H3,(H2,14,18). The molecular formula is C13H20N2O2S. The lowest BCUT2D eigenvalue weighted by atomic mass is 10.1. The summed E-state index contributed by atoms with van der Waals surface area (Å²) in [5, 5.41) is 19.0. The van der Waals surface area contributed by atoms with E-state index in [0.717, 1.165) is 17.7 Å². The van der Waals surface area contributed by atoms with E-state index in [2.05, 4.69) is 0 Å². The van der Waals surface area contributed by atoms with Gasteiger partial charge in [0.2, 0.25) is 0 Å². The maximum Gasteiger partial charge on any atom is 0.103 e. The van der Waals surface area contributed by atoms with Crippen LogP contribution >= 0.6 is 12.2 Å². The van der Waals surface area contributed by atoms with Crippen molar-refractivity contribution in [2.75, 3.05) is 26.2 Å². The number of nitrogens with two attached hydrogens (primary N) is 1. The molecule has 0 saturated carbocycles. The SMILES string of the molecule is CCN(CCO)CC(O)c1ccc(C(N)=S)cc1. The van der Waals surface area contributed by atoms with Crippen LogP contribution < -0.4 is 5.73 Å². The van der Waals surface area contributed by atoms with Crippen LogP contribution in [-0.4, -0.2) is 46.3 Å². The first kappa shape index (κ1) is 15.0. The van der Waals surface area contributed by atoms with Crippen LogP contribution in [0.3, 0.4) is 0 Å². The molecule has 1 aromatic rings. The van der Waals surface area contributed by atoms with Crippen LogP contribution in [0.25, 0.3) is 0 Å². The molecule has 0 heterocycles. The van der Waals surface area contributed by atoms with Crippen molar-refractivity contribution in [2.24, 2.45) is 5.73 Å². The highest BCUT2D eigenvalue weighted by Gasteiger charge is 2.12. The van der Waals surface area contributed by atoms with Crippen LogP contribution in [0.15, 0.2) is 24.3 Å². The van der Waals surface area contributed by atoms with E-state index < -0.39 is 6.10 Å². The Bertz CT molecular complexity index is 381. The Labute approximate surface area is 113 Å². The normalized spacial score (nSPS) is 12.7. The number of rotatable bonds is 7. The third-order valence-electron chi connectivity index (χ3n) is 2.87. The summed E-state index contributed by atoms with van der Waals surface area (Å²) >= 11 is 4.87. The molecule has 0 aliphatic carbocycles. The summed E-state index contributed by atoms with van der Waals surface area (Å²) in [5.74, 6) is 0. The van der Waals surface area contributed by atoms with Gasteiger partial charge in [-0.15, -0.1) is 0 Å². The Morgan fingerprint density at radius 2 is 2.00 bits per heavy atom. The molecule has 0 radical (unpaired) electrons. The quantitative estimate of drug-likeness (QED) is 0.634. The minimum Gasteiger partial charge on any atom is -0.395 e. The van der Waals surface area contributed by atoms with Gasteiger partial charge in [0, 0.05) is 18.7 Å². The first-order valence-corrected chi connectivity index (χ1v) is 6.40. The highest BCUT2D eigenvalue weighted by atomic mass is 32.1. The number of nitrogens with zero attached hydrogens (tertiary/aromatic N) is 1. The Hall–Kier alpha value is -1.01. The van der Waals surface area contributed by atoms with E-state index in [4.69, 9.17) is 23.1 Å². The van der Waals surface area contributed by atoms with Gasteiger partial charge in [-0.2, -0.15) is 0 Å². The lowest BCUT2D eigenvalue weighted by Gasteiger charge is -2.22. The number of hydrogen-bond acceptors (Lipinski definition) is 4. The average molecular weight is 268 g/mol. The summed E-state index contributed by atoms with van der Waals surface area (Å²) in [6.07, 6.45) is -0.572. The minimum absolute atomic E-state index is 0.0982. The molecule has 1 atom stereocenters. The number of aliphatic hydroxyl groups is 2. The van der Waals surface area contributed by atoms with Crippen LogP contribution in [0.2, 0.25) is 0 Å². The lowest BCUT2D eigenvalue weighted by Crippen LogP contribution is -2.31. The van der Waals surface area contributed by atoms with Gasteiger partial charge in [0.1, 0.15) is 4.99 Å². The zero-order valence-corrected chi connectivity index (χ0v) is 11.4. The molecule has 0 aliphatic rings. The van der Waals surface area contributed by atoms with Crippen molar-refractivity contribution >= 4 is 17.2 Å². The Balaban J connectivity index is 2.65. The number of thiocarbonyl (C=S) groups is 1. The molecule has 1 unspecified atom stereocenters. The van der Waals surface area contributed by atoms with Crippen molar-refractivity contribution in [3.63, 3.8) is 0 Å². The van der Waals surface area contributed by atoms with E-state index in [1.807, 2.05) is 36.1 Å². The molecule has 0 aliphatic heterocycles. The van der Waals surface area contributed by atoms with Gasteiger partial charge >= 0.3 is 0 Å². The maximum absolute atomic E-state index is 10.1. The van der Waals surface area contributed by atoms with Gasteiger partial charge in [-0.05, 0) is 12.1 Å². The molecule has 0 fully saturated rings. The van der Waals surface area contributed by atoms with Gasteiger partial charge in [-0.3, -0.25) is 4.90 Å². The van der Waals surface area contributed by atoms with E-state index in [1.165, 1.54) is 0 Å². The Kier molecular flexibility index (Phi) is 6.21. The summed E-state index contributed by atoms with van der Waals surface area (Å²) in [5.41, 5.74) is 7.14. The predicted molar refractivity (Wildman–Crippen MR) is 76.5 cm³/mol. The molecule has 18 heavy (non-hydrogen) atoms. The van der Waals surface area contributed by atoms with E-state index in [9.17, 15) is 5.11 Å². The molecule has 0 bridgehead atoms. The second kappa shape index (κ2) is 7.43. The molecule has 0 amide bonds. The summed E-state index contributed by atoms with van der Waals surface area (Å²) in [4.78, 5) is 2.35. The summed E-state index contributed by atoms with van der Waals surface area (Å²) in [6, 6.07) is 7.27. The fourth-order valence-electron chi connectivity index (χ4n) is 1.74. The fourth-order valence-corrected chi connectivity index (χ4v) is 1.88. The van der Waals surface area contributed by atoms with Crippen LogP contribution in [-0.2, 0) is 0 Å². The first-order valence-electron chi connectivity index (χ1n) is 5.99. The van der Waals surface area contributed by atoms with E-state index in [1.54, 1.807) is 0 Å². The average Bonchev–Trinajstić information content (AvgIpc) is 2.38. The molecule has 1 rings (SSSR count). The highest BCUT2D eigenvalue weighted by Crippen LogP contribution is 2.15. The van der Waals surface area contributed by atoms with Gasteiger partial charge in [0.25, 0.3) is 0 Å². The molecule has 4 N–H and O–H groups in total. The Morgan fingerprint density at radius 3 is 2.44 bits per heavy atom. The van der Waals surface area contributed by atoms with E-state index in [-0.39, 0.29) is 6.61 Å². The zero-order valence-electron chi connectivity index (χ0n) is 10.5. The fraction of sp³-hybridized carbons (Fsp3) is 0.462.